The predicted molar refractivity (Wildman–Crippen MR) is 72.6 cm³/mol. The molecule has 2 amide bonds. The molecular weight excluding hydrogens is 240 g/mol. The fraction of sp³-hybridized carbons (Fsp3) is 0.0667. The highest BCUT2D eigenvalue weighted by Crippen LogP contribution is 2.35. The number of nitrogens with zero attached hydrogens (tertiary/aromatic N) is 1. The number of nitrogens with two attached hydrogens (primary N) is 1. The van der Waals surface area contributed by atoms with Gasteiger partial charge in [-0.1, -0.05) is 30.3 Å². The molecule has 0 bridgehead atoms. The van der Waals surface area contributed by atoms with Gasteiger partial charge in [0.05, 0.1) is 11.4 Å². The Bertz CT molecular complexity index is 759. The molecule has 1 aliphatic rings. The molecule has 0 aromatic heterocycles. The Hall–Kier alpha value is -2.62. The number of anilines is 2. The number of urea groups is 1. The summed E-state index contributed by atoms with van der Waals surface area (Å²) >= 11 is 0. The molecule has 94 valence electrons. The van der Waals surface area contributed by atoms with E-state index in [1.165, 1.54) is 17.0 Å². The molecule has 0 saturated carbocycles. The van der Waals surface area contributed by atoms with Crippen molar-refractivity contribution >= 4 is 23.2 Å². The van der Waals surface area contributed by atoms with Crippen LogP contribution in [0, 0.1) is 0 Å². The van der Waals surface area contributed by atoms with E-state index in [9.17, 15) is 9.59 Å². The average molecular weight is 254 g/mol. The molecule has 2 aromatic carbocycles. The molecule has 0 atom stereocenters. The summed E-state index contributed by atoms with van der Waals surface area (Å²) in [6, 6.07) is 12.0. The van der Waals surface area contributed by atoms with Crippen molar-refractivity contribution in [2.45, 2.75) is 6.37 Å². The van der Waals surface area contributed by atoms with Gasteiger partial charge in [-0.05, 0) is 23.8 Å². The number of hydrogen-bond acceptors (Lipinski definition) is 2. The van der Waals surface area contributed by atoms with Crippen molar-refractivity contribution in [1.82, 2.24) is 0 Å². The molecule has 2 N–H and O–H groups in total. The molecule has 0 saturated heterocycles. The Kier molecular flexibility index (Phi) is 2.08. The summed E-state index contributed by atoms with van der Waals surface area (Å²) in [5, 5.41) is 0. The number of Topliss-reactive ketones (excluding diaryl/α,β-unsaturated/α-hetero) is 1. The number of rotatable bonds is 0. The van der Waals surface area contributed by atoms with Crippen LogP contribution in [0.25, 0.3) is 0 Å². The SMILES string of the molecule is [2H]C1([2H])C(=O)c2ccccc2N(C(N)=O)c2ccccc21. The van der Waals surface area contributed by atoms with E-state index >= 15 is 0 Å². The fourth-order valence-corrected chi connectivity index (χ4v) is 2.19. The Balaban J connectivity index is 2.42. The Morgan fingerprint density at radius 3 is 2.47 bits per heavy atom. The molecule has 3 rings (SSSR count). The first-order valence-electron chi connectivity index (χ1n) is 6.77. The number of amides is 2. The fourth-order valence-electron chi connectivity index (χ4n) is 2.19. The van der Waals surface area contributed by atoms with Gasteiger partial charge in [-0.15, -0.1) is 0 Å². The number of ketones is 1. The Morgan fingerprint density at radius 1 is 1.11 bits per heavy atom. The van der Waals surface area contributed by atoms with Crippen LogP contribution < -0.4 is 10.6 Å². The van der Waals surface area contributed by atoms with Crippen molar-refractivity contribution in [2.75, 3.05) is 4.90 Å². The van der Waals surface area contributed by atoms with Gasteiger partial charge in [0.1, 0.15) is 0 Å². The molecular formula is C15H12N2O2. The number of fused-ring (bicyclic) bond motifs is 2. The molecule has 4 nitrogen and oxygen atoms in total. The quantitative estimate of drug-likeness (QED) is 0.785. The van der Waals surface area contributed by atoms with Crippen LogP contribution in [0.15, 0.2) is 48.5 Å². The molecule has 0 fully saturated rings. The van der Waals surface area contributed by atoms with E-state index < -0.39 is 18.2 Å². The van der Waals surface area contributed by atoms with Gasteiger partial charge in [0.25, 0.3) is 0 Å². The molecule has 0 spiro atoms. The number of primary amides is 1. The van der Waals surface area contributed by atoms with E-state index in [4.69, 9.17) is 8.48 Å². The van der Waals surface area contributed by atoms with Gasteiger partial charge < -0.3 is 5.73 Å². The topological polar surface area (TPSA) is 63.4 Å². The van der Waals surface area contributed by atoms with Crippen LogP contribution in [-0.2, 0) is 6.37 Å². The lowest BCUT2D eigenvalue weighted by molar-refractivity contribution is 0.0994. The zero-order chi connectivity index (χ0) is 15.2. The molecule has 0 unspecified atom stereocenters. The number of benzene rings is 2. The van der Waals surface area contributed by atoms with E-state index in [1.54, 1.807) is 36.4 Å². The second-order valence-electron chi connectivity index (χ2n) is 4.16. The minimum absolute atomic E-state index is 0.130. The first-order chi connectivity index (χ1) is 9.94. The van der Waals surface area contributed by atoms with Crippen LogP contribution in [0.3, 0.4) is 0 Å². The zero-order valence-electron chi connectivity index (χ0n) is 12.0. The van der Waals surface area contributed by atoms with Crippen molar-refractivity contribution in [3.8, 4) is 0 Å². The highest BCUT2D eigenvalue weighted by atomic mass is 16.2. The average Bonchev–Trinajstić information content (AvgIpc) is 2.53. The van der Waals surface area contributed by atoms with E-state index in [1.807, 2.05) is 0 Å². The maximum atomic E-state index is 12.5. The van der Waals surface area contributed by atoms with Crippen LogP contribution in [0.5, 0.6) is 0 Å². The highest BCUT2D eigenvalue weighted by molar-refractivity contribution is 6.11. The molecule has 19 heavy (non-hydrogen) atoms. The maximum Gasteiger partial charge on any atom is 0.323 e. The summed E-state index contributed by atoms with van der Waals surface area (Å²) in [6.45, 7) is 0. The number of carbonyl (C=O) groups excluding carboxylic acids is 2. The standard InChI is InChI=1S/C15H12N2O2/c16-15(19)17-12-7-3-1-5-10(12)9-14(18)11-6-2-4-8-13(11)17/h1-8H,9H2,(H2,16,19)/i9D2. The summed E-state index contributed by atoms with van der Waals surface area (Å²) in [7, 11) is 0. The van der Waals surface area contributed by atoms with Gasteiger partial charge in [-0.2, -0.15) is 0 Å². The van der Waals surface area contributed by atoms with Gasteiger partial charge in [-0.3, -0.25) is 9.69 Å². The monoisotopic (exact) mass is 254 g/mol. The summed E-state index contributed by atoms with van der Waals surface area (Å²) < 4.78 is 16.3. The van der Waals surface area contributed by atoms with Gasteiger partial charge >= 0.3 is 6.03 Å². The Labute approximate surface area is 113 Å². The van der Waals surface area contributed by atoms with E-state index in [0.29, 0.717) is 5.69 Å². The van der Waals surface area contributed by atoms with Crippen molar-refractivity contribution < 1.29 is 12.3 Å². The lowest BCUT2D eigenvalue weighted by Gasteiger charge is -2.22. The van der Waals surface area contributed by atoms with Gasteiger partial charge in [-0.25, -0.2) is 4.79 Å². The molecule has 0 radical (unpaired) electrons. The van der Waals surface area contributed by atoms with Crippen LogP contribution in [0.2, 0.25) is 0 Å². The third-order valence-corrected chi connectivity index (χ3v) is 3.00. The van der Waals surface area contributed by atoms with Gasteiger partial charge in [0.15, 0.2) is 5.78 Å². The molecule has 4 heteroatoms. The lowest BCUT2D eigenvalue weighted by atomic mass is 10.0. The number of hydrogen-bond donors (Lipinski definition) is 1. The van der Waals surface area contributed by atoms with Gasteiger partial charge in [0, 0.05) is 14.7 Å². The number of carbonyl (C=O) groups is 2. The van der Waals surface area contributed by atoms with Crippen molar-refractivity contribution in [3.05, 3.63) is 59.7 Å². The second kappa shape index (κ2) is 4.24. The molecule has 0 aliphatic carbocycles. The minimum atomic E-state index is -2.23. The smallest absolute Gasteiger partial charge is 0.323 e. The van der Waals surface area contributed by atoms with E-state index in [2.05, 4.69) is 0 Å². The molecule has 1 aliphatic heterocycles. The Morgan fingerprint density at radius 2 is 1.74 bits per heavy atom. The molecule has 2 aromatic rings. The zero-order valence-corrected chi connectivity index (χ0v) is 9.96. The summed E-state index contributed by atoms with van der Waals surface area (Å²) in [5.41, 5.74) is 6.30. The van der Waals surface area contributed by atoms with Crippen LogP contribution >= 0.6 is 0 Å². The second-order valence-corrected chi connectivity index (χ2v) is 4.16. The van der Waals surface area contributed by atoms with Crippen molar-refractivity contribution in [2.24, 2.45) is 5.73 Å². The van der Waals surface area contributed by atoms with Crippen molar-refractivity contribution in [3.63, 3.8) is 0 Å². The normalized spacial score (nSPS) is 17.7. The van der Waals surface area contributed by atoms with Crippen LogP contribution in [0.1, 0.15) is 18.7 Å². The number of para-hydroxylation sites is 2. The summed E-state index contributed by atoms with van der Waals surface area (Å²) in [6.07, 6.45) is -2.23. The minimum Gasteiger partial charge on any atom is -0.351 e. The summed E-state index contributed by atoms with van der Waals surface area (Å²) in [5.74, 6) is -0.686. The maximum absolute atomic E-state index is 12.5. The van der Waals surface area contributed by atoms with E-state index in [-0.39, 0.29) is 16.8 Å². The highest BCUT2D eigenvalue weighted by Gasteiger charge is 2.27. The van der Waals surface area contributed by atoms with E-state index in [0.717, 1.165) is 0 Å². The van der Waals surface area contributed by atoms with Crippen molar-refractivity contribution in [1.29, 1.82) is 0 Å². The van der Waals surface area contributed by atoms with Crippen LogP contribution in [0.4, 0.5) is 16.2 Å². The first-order valence-corrected chi connectivity index (χ1v) is 5.77. The largest absolute Gasteiger partial charge is 0.351 e. The predicted octanol–water partition coefficient (Wildman–Crippen LogP) is 2.64. The first kappa shape index (κ1) is 9.33. The summed E-state index contributed by atoms with van der Waals surface area (Å²) in [4.78, 5) is 25.6. The lowest BCUT2D eigenvalue weighted by Crippen LogP contribution is -2.32. The van der Waals surface area contributed by atoms with Crippen LogP contribution in [-0.4, -0.2) is 11.8 Å². The molecule has 1 heterocycles. The third kappa shape index (κ3) is 1.78. The van der Waals surface area contributed by atoms with Gasteiger partial charge in [0.2, 0.25) is 0 Å². The third-order valence-electron chi connectivity index (χ3n) is 3.00.